The van der Waals surface area contributed by atoms with Crippen molar-refractivity contribution in [1.29, 1.82) is 0 Å². The first-order valence-corrected chi connectivity index (χ1v) is 5.61. The Hall–Kier alpha value is -0.860. The molecule has 0 unspecified atom stereocenters. The number of rotatable bonds is 5. The van der Waals surface area contributed by atoms with Gasteiger partial charge in [0.15, 0.2) is 0 Å². The average Bonchev–Trinajstić information content (AvgIpc) is 2.26. The van der Waals surface area contributed by atoms with Gasteiger partial charge in [-0.05, 0) is 29.9 Å². The second kappa shape index (κ2) is 5.89. The molecule has 0 bridgehead atoms. The fourth-order valence-electron chi connectivity index (χ4n) is 1.61. The summed E-state index contributed by atoms with van der Waals surface area (Å²) < 4.78 is 0. The smallest absolute Gasteiger partial charge is 0.0431 e. The Balaban J connectivity index is 2.62. The molecule has 1 rings (SSSR count). The Labute approximate surface area is 92.1 Å². The maximum Gasteiger partial charge on any atom is 0.0431 e. The number of aliphatic hydroxyl groups excluding tert-OH is 1. The summed E-state index contributed by atoms with van der Waals surface area (Å²) in [7, 11) is 0. The van der Waals surface area contributed by atoms with Gasteiger partial charge in [0, 0.05) is 12.6 Å². The van der Waals surface area contributed by atoms with Gasteiger partial charge in [-0.25, -0.2) is 0 Å². The van der Waals surface area contributed by atoms with Gasteiger partial charge in [0.1, 0.15) is 0 Å². The Morgan fingerprint density at radius 2 is 1.67 bits per heavy atom. The normalized spacial score (nSPS) is 13.1. The first-order chi connectivity index (χ1) is 7.15. The molecule has 1 atom stereocenters. The van der Waals surface area contributed by atoms with Crippen LogP contribution in [-0.4, -0.2) is 11.7 Å². The largest absolute Gasteiger partial charge is 0.396 e. The monoisotopic (exact) mass is 207 g/mol. The molecule has 0 amide bonds. The zero-order chi connectivity index (χ0) is 11.3. The van der Waals surface area contributed by atoms with Crippen LogP contribution in [0.25, 0.3) is 0 Å². The Bertz CT molecular complexity index is 279. The van der Waals surface area contributed by atoms with Crippen LogP contribution in [0, 0.1) is 0 Å². The standard InChI is InChI=1S/C13H21NO/c1-10(2)11-5-7-12(8-6-11)13(14)4-3-9-15/h5-8,10,13,15H,3-4,9,14H2,1-2H3/t13-/m1/s1. The van der Waals surface area contributed by atoms with Crippen LogP contribution in [0.2, 0.25) is 0 Å². The zero-order valence-corrected chi connectivity index (χ0v) is 9.61. The van der Waals surface area contributed by atoms with Crippen molar-refractivity contribution in [2.75, 3.05) is 6.61 Å². The third kappa shape index (κ3) is 3.65. The van der Waals surface area contributed by atoms with Crippen LogP contribution >= 0.6 is 0 Å². The average molecular weight is 207 g/mol. The minimum absolute atomic E-state index is 0.0540. The number of nitrogens with two attached hydrogens (primary N) is 1. The van der Waals surface area contributed by atoms with E-state index in [2.05, 4.69) is 38.1 Å². The lowest BCUT2D eigenvalue weighted by Gasteiger charge is -2.12. The third-order valence-corrected chi connectivity index (χ3v) is 2.70. The van der Waals surface area contributed by atoms with E-state index in [9.17, 15) is 0 Å². The maximum absolute atomic E-state index is 8.72. The van der Waals surface area contributed by atoms with Gasteiger partial charge in [-0.15, -0.1) is 0 Å². The highest BCUT2D eigenvalue weighted by molar-refractivity contribution is 5.26. The van der Waals surface area contributed by atoms with Crippen molar-refractivity contribution < 1.29 is 5.11 Å². The van der Waals surface area contributed by atoms with Crippen LogP contribution in [0.4, 0.5) is 0 Å². The van der Waals surface area contributed by atoms with E-state index in [0.29, 0.717) is 5.92 Å². The predicted molar refractivity (Wildman–Crippen MR) is 63.8 cm³/mol. The lowest BCUT2D eigenvalue weighted by molar-refractivity contribution is 0.280. The van der Waals surface area contributed by atoms with Crippen molar-refractivity contribution in [3.8, 4) is 0 Å². The van der Waals surface area contributed by atoms with Crippen molar-refractivity contribution in [2.45, 2.75) is 38.6 Å². The number of hydrogen-bond donors (Lipinski definition) is 2. The summed E-state index contributed by atoms with van der Waals surface area (Å²) in [6, 6.07) is 8.52. The van der Waals surface area contributed by atoms with E-state index in [1.54, 1.807) is 0 Å². The molecular weight excluding hydrogens is 186 g/mol. The van der Waals surface area contributed by atoms with E-state index in [1.165, 1.54) is 5.56 Å². The minimum Gasteiger partial charge on any atom is -0.396 e. The van der Waals surface area contributed by atoms with Gasteiger partial charge >= 0.3 is 0 Å². The Kier molecular flexibility index (Phi) is 4.79. The van der Waals surface area contributed by atoms with Crippen LogP contribution < -0.4 is 5.73 Å². The van der Waals surface area contributed by atoms with Crippen molar-refractivity contribution in [3.63, 3.8) is 0 Å². The SMILES string of the molecule is CC(C)c1ccc([C@H](N)CCCO)cc1. The molecule has 1 aromatic rings. The molecule has 2 nitrogen and oxygen atoms in total. The topological polar surface area (TPSA) is 46.2 Å². The summed E-state index contributed by atoms with van der Waals surface area (Å²) in [4.78, 5) is 0. The number of aliphatic hydroxyl groups is 1. The quantitative estimate of drug-likeness (QED) is 0.779. The van der Waals surface area contributed by atoms with Gasteiger partial charge in [0.2, 0.25) is 0 Å². The molecule has 84 valence electrons. The van der Waals surface area contributed by atoms with E-state index < -0.39 is 0 Å². The number of benzene rings is 1. The number of hydrogen-bond acceptors (Lipinski definition) is 2. The second-order valence-electron chi connectivity index (χ2n) is 4.29. The van der Waals surface area contributed by atoms with Crippen LogP contribution in [0.15, 0.2) is 24.3 Å². The fraction of sp³-hybridized carbons (Fsp3) is 0.538. The summed E-state index contributed by atoms with van der Waals surface area (Å²) in [6.07, 6.45) is 1.62. The van der Waals surface area contributed by atoms with Crippen LogP contribution in [-0.2, 0) is 0 Å². The highest BCUT2D eigenvalue weighted by Gasteiger charge is 2.06. The van der Waals surface area contributed by atoms with E-state index in [1.807, 2.05) is 0 Å². The van der Waals surface area contributed by atoms with Crippen LogP contribution in [0.1, 0.15) is 49.8 Å². The van der Waals surface area contributed by atoms with E-state index in [4.69, 9.17) is 10.8 Å². The van der Waals surface area contributed by atoms with Crippen molar-refractivity contribution in [3.05, 3.63) is 35.4 Å². The first kappa shape index (κ1) is 12.2. The fourth-order valence-corrected chi connectivity index (χ4v) is 1.61. The molecule has 1 aromatic carbocycles. The van der Waals surface area contributed by atoms with Gasteiger partial charge in [0.05, 0.1) is 0 Å². The van der Waals surface area contributed by atoms with Gasteiger partial charge < -0.3 is 10.8 Å². The van der Waals surface area contributed by atoms with E-state index in [0.717, 1.165) is 18.4 Å². The molecule has 0 saturated carbocycles. The van der Waals surface area contributed by atoms with Crippen molar-refractivity contribution >= 4 is 0 Å². The first-order valence-electron chi connectivity index (χ1n) is 5.61. The van der Waals surface area contributed by atoms with Crippen LogP contribution in [0.5, 0.6) is 0 Å². The predicted octanol–water partition coefficient (Wildman–Crippen LogP) is 2.58. The Morgan fingerprint density at radius 1 is 1.13 bits per heavy atom. The van der Waals surface area contributed by atoms with E-state index >= 15 is 0 Å². The molecule has 0 aliphatic carbocycles. The molecule has 0 aliphatic heterocycles. The molecule has 0 fully saturated rings. The molecule has 0 heterocycles. The molecule has 15 heavy (non-hydrogen) atoms. The van der Waals surface area contributed by atoms with Gasteiger partial charge in [-0.1, -0.05) is 38.1 Å². The van der Waals surface area contributed by atoms with Crippen molar-refractivity contribution in [1.82, 2.24) is 0 Å². The molecular formula is C13H21NO. The molecule has 3 N–H and O–H groups in total. The van der Waals surface area contributed by atoms with Gasteiger partial charge in [-0.2, -0.15) is 0 Å². The molecule has 0 aromatic heterocycles. The molecule has 0 saturated heterocycles. The van der Waals surface area contributed by atoms with Gasteiger partial charge in [-0.3, -0.25) is 0 Å². The zero-order valence-electron chi connectivity index (χ0n) is 9.61. The minimum atomic E-state index is 0.0540. The molecule has 0 spiro atoms. The maximum atomic E-state index is 8.72. The summed E-state index contributed by atoms with van der Waals surface area (Å²) >= 11 is 0. The van der Waals surface area contributed by atoms with E-state index in [-0.39, 0.29) is 12.6 Å². The van der Waals surface area contributed by atoms with Crippen LogP contribution in [0.3, 0.4) is 0 Å². The lowest BCUT2D eigenvalue weighted by atomic mass is 9.97. The molecule has 2 heteroatoms. The van der Waals surface area contributed by atoms with Gasteiger partial charge in [0.25, 0.3) is 0 Å². The lowest BCUT2D eigenvalue weighted by Crippen LogP contribution is -2.10. The molecule has 0 aliphatic rings. The second-order valence-corrected chi connectivity index (χ2v) is 4.29. The Morgan fingerprint density at radius 3 is 2.13 bits per heavy atom. The highest BCUT2D eigenvalue weighted by atomic mass is 16.2. The highest BCUT2D eigenvalue weighted by Crippen LogP contribution is 2.19. The summed E-state index contributed by atoms with van der Waals surface area (Å²) in [5.41, 5.74) is 8.50. The third-order valence-electron chi connectivity index (χ3n) is 2.70. The molecule has 0 radical (unpaired) electrons. The summed E-state index contributed by atoms with van der Waals surface area (Å²) in [6.45, 7) is 4.58. The summed E-state index contributed by atoms with van der Waals surface area (Å²) in [5.74, 6) is 0.563. The van der Waals surface area contributed by atoms with Crippen molar-refractivity contribution in [2.24, 2.45) is 5.73 Å². The summed E-state index contributed by atoms with van der Waals surface area (Å²) in [5, 5.41) is 8.72.